The van der Waals surface area contributed by atoms with Gasteiger partial charge in [0.2, 0.25) is 0 Å². The number of fused-ring (bicyclic) bond motifs is 1. The summed E-state index contributed by atoms with van der Waals surface area (Å²) in [5.74, 6) is 1.09. The topological polar surface area (TPSA) is 88.4 Å². The van der Waals surface area contributed by atoms with Crippen LogP contribution in [0.2, 0.25) is 5.02 Å². The number of nitrogens with zero attached hydrogens (tertiary/aromatic N) is 2. The van der Waals surface area contributed by atoms with Crippen molar-refractivity contribution in [3.63, 3.8) is 0 Å². The van der Waals surface area contributed by atoms with Crippen molar-refractivity contribution in [2.45, 2.75) is 46.8 Å². The van der Waals surface area contributed by atoms with Gasteiger partial charge in [0.25, 0.3) is 5.56 Å². The minimum Gasteiger partial charge on any atom is -0.494 e. The van der Waals surface area contributed by atoms with Gasteiger partial charge in [0, 0.05) is 0 Å². The molecule has 1 aliphatic rings. The summed E-state index contributed by atoms with van der Waals surface area (Å²) >= 11 is 7.67. The first-order valence-electron chi connectivity index (χ1n) is 12.6. The van der Waals surface area contributed by atoms with Gasteiger partial charge in [-0.2, -0.15) is 0 Å². The molecule has 1 atom stereocenters. The number of hydrogen-bond acceptors (Lipinski definition) is 8. The van der Waals surface area contributed by atoms with Crippen LogP contribution in [0.25, 0.3) is 6.08 Å². The molecule has 206 valence electrons. The van der Waals surface area contributed by atoms with Crippen molar-refractivity contribution in [1.29, 1.82) is 0 Å². The van der Waals surface area contributed by atoms with Crippen molar-refractivity contribution < 1.29 is 23.7 Å². The van der Waals surface area contributed by atoms with E-state index in [2.05, 4.69) is 4.99 Å². The Hall–Kier alpha value is -3.56. The van der Waals surface area contributed by atoms with Gasteiger partial charge in [-0.15, -0.1) is 0 Å². The third kappa shape index (κ3) is 5.89. The van der Waals surface area contributed by atoms with Crippen LogP contribution in [-0.4, -0.2) is 37.0 Å². The van der Waals surface area contributed by atoms with Gasteiger partial charge in [-0.1, -0.05) is 35.1 Å². The summed E-state index contributed by atoms with van der Waals surface area (Å²) in [6.45, 7) is 10.0. The molecule has 2 aromatic carbocycles. The van der Waals surface area contributed by atoms with E-state index in [1.54, 1.807) is 43.5 Å². The lowest BCUT2D eigenvalue weighted by molar-refractivity contribution is -0.143. The molecule has 10 heteroatoms. The van der Waals surface area contributed by atoms with Crippen LogP contribution in [0.3, 0.4) is 0 Å². The lowest BCUT2D eigenvalue weighted by Gasteiger charge is -2.25. The molecule has 1 aromatic heterocycles. The van der Waals surface area contributed by atoms with Crippen LogP contribution in [0.15, 0.2) is 57.5 Å². The number of halogens is 1. The number of aromatic nitrogens is 1. The number of allylic oxidation sites excluding steroid dienone is 1. The molecule has 0 saturated carbocycles. The molecule has 1 aliphatic heterocycles. The fraction of sp³-hybridized carbons (Fsp3) is 0.345. The van der Waals surface area contributed by atoms with Crippen LogP contribution in [0.5, 0.6) is 17.2 Å². The standard InChI is InChI=1S/C29H31ClN2O6S/c1-7-36-20-11-9-19(10-12-20)25-24(28(34)38-16(3)4)17(5)31-29-32(25)27(33)23(39-29)15-18-13-21(30)26(35-6)22(14-18)37-8-2/h9-16,25H,7-8H2,1-6H3/b23-15+/t25-/m1/s1. The van der Waals surface area contributed by atoms with Crippen molar-refractivity contribution in [2.24, 2.45) is 4.99 Å². The highest BCUT2D eigenvalue weighted by molar-refractivity contribution is 7.07. The van der Waals surface area contributed by atoms with Crippen molar-refractivity contribution in [3.05, 3.63) is 83.5 Å². The first-order valence-corrected chi connectivity index (χ1v) is 13.8. The van der Waals surface area contributed by atoms with Crippen LogP contribution in [-0.2, 0) is 9.53 Å². The number of esters is 1. The smallest absolute Gasteiger partial charge is 0.338 e. The quantitative estimate of drug-likeness (QED) is 0.348. The molecular weight excluding hydrogens is 540 g/mol. The average molecular weight is 571 g/mol. The van der Waals surface area contributed by atoms with Gasteiger partial charge < -0.3 is 18.9 Å². The zero-order valence-corrected chi connectivity index (χ0v) is 24.3. The molecule has 0 unspecified atom stereocenters. The SMILES string of the molecule is CCOc1ccc([C@@H]2C(C(=O)OC(C)C)=C(C)N=c3s/c(=C/c4cc(Cl)c(OC)c(OCC)c4)c(=O)n32)cc1. The van der Waals surface area contributed by atoms with E-state index < -0.39 is 12.0 Å². The van der Waals surface area contributed by atoms with Crippen LogP contribution in [0.4, 0.5) is 0 Å². The van der Waals surface area contributed by atoms with E-state index in [4.69, 9.17) is 30.5 Å². The zero-order chi connectivity index (χ0) is 28.3. The fourth-order valence-corrected chi connectivity index (χ4v) is 5.72. The number of thiazole rings is 1. The summed E-state index contributed by atoms with van der Waals surface area (Å²) in [7, 11) is 1.52. The Labute approximate surface area is 235 Å². The molecule has 39 heavy (non-hydrogen) atoms. The zero-order valence-electron chi connectivity index (χ0n) is 22.7. The number of methoxy groups -OCH3 is 1. The van der Waals surface area contributed by atoms with E-state index in [1.165, 1.54) is 18.4 Å². The third-order valence-electron chi connectivity index (χ3n) is 5.92. The lowest BCUT2D eigenvalue weighted by Crippen LogP contribution is -2.40. The van der Waals surface area contributed by atoms with Gasteiger partial charge >= 0.3 is 5.97 Å². The molecule has 0 amide bonds. The van der Waals surface area contributed by atoms with Gasteiger partial charge in [0.05, 0.1) is 53.3 Å². The fourth-order valence-electron chi connectivity index (χ4n) is 4.37. The molecule has 0 N–H and O–H groups in total. The predicted molar refractivity (Wildman–Crippen MR) is 152 cm³/mol. The minimum atomic E-state index is -0.719. The Morgan fingerprint density at radius 2 is 1.85 bits per heavy atom. The number of benzene rings is 2. The van der Waals surface area contributed by atoms with Gasteiger partial charge in [-0.25, -0.2) is 9.79 Å². The molecule has 0 spiro atoms. The van der Waals surface area contributed by atoms with Crippen molar-refractivity contribution >= 4 is 35.0 Å². The maximum atomic E-state index is 13.9. The summed E-state index contributed by atoms with van der Waals surface area (Å²) in [5.41, 5.74) is 1.94. The second-order valence-electron chi connectivity index (χ2n) is 9.01. The Balaban J connectivity index is 1.91. The molecule has 0 radical (unpaired) electrons. The molecule has 4 rings (SSSR count). The maximum Gasteiger partial charge on any atom is 0.338 e. The van der Waals surface area contributed by atoms with E-state index in [9.17, 15) is 9.59 Å². The second kappa shape index (κ2) is 12.1. The number of carbonyl (C=O) groups excluding carboxylic acids is 1. The molecule has 3 aromatic rings. The molecule has 0 saturated heterocycles. The number of ether oxygens (including phenoxy) is 4. The highest BCUT2D eigenvalue weighted by atomic mass is 35.5. The van der Waals surface area contributed by atoms with E-state index in [-0.39, 0.29) is 11.7 Å². The largest absolute Gasteiger partial charge is 0.494 e. The molecule has 0 bridgehead atoms. The van der Waals surface area contributed by atoms with Gasteiger partial charge in [-0.05, 0) is 76.1 Å². The van der Waals surface area contributed by atoms with Gasteiger partial charge in [0.15, 0.2) is 16.3 Å². The van der Waals surface area contributed by atoms with E-state index >= 15 is 0 Å². The van der Waals surface area contributed by atoms with E-state index in [0.29, 0.717) is 61.7 Å². The first kappa shape index (κ1) is 28.4. The van der Waals surface area contributed by atoms with Crippen LogP contribution in [0.1, 0.15) is 51.8 Å². The van der Waals surface area contributed by atoms with E-state index in [1.807, 2.05) is 38.1 Å². The van der Waals surface area contributed by atoms with Gasteiger partial charge in [-0.3, -0.25) is 9.36 Å². The highest BCUT2D eigenvalue weighted by Gasteiger charge is 2.33. The van der Waals surface area contributed by atoms with E-state index in [0.717, 1.165) is 5.56 Å². The average Bonchev–Trinajstić information content (AvgIpc) is 3.17. The van der Waals surface area contributed by atoms with Crippen molar-refractivity contribution in [2.75, 3.05) is 20.3 Å². The predicted octanol–water partition coefficient (Wildman–Crippen LogP) is 4.65. The van der Waals surface area contributed by atoms with Crippen molar-refractivity contribution in [1.82, 2.24) is 4.57 Å². The van der Waals surface area contributed by atoms with Crippen LogP contribution >= 0.6 is 22.9 Å². The molecule has 0 fully saturated rings. The summed E-state index contributed by atoms with van der Waals surface area (Å²) in [6.07, 6.45) is 1.40. The molecule has 2 heterocycles. The summed E-state index contributed by atoms with van der Waals surface area (Å²) in [4.78, 5) is 32.3. The van der Waals surface area contributed by atoms with Crippen molar-refractivity contribution in [3.8, 4) is 17.2 Å². The number of carbonyl (C=O) groups is 1. The Morgan fingerprint density at radius 1 is 1.15 bits per heavy atom. The third-order valence-corrected chi connectivity index (χ3v) is 7.19. The maximum absolute atomic E-state index is 13.9. The normalized spacial score (nSPS) is 15.2. The Morgan fingerprint density at radius 3 is 2.46 bits per heavy atom. The first-order chi connectivity index (χ1) is 18.7. The van der Waals surface area contributed by atoms with Crippen LogP contribution in [0, 0.1) is 0 Å². The highest BCUT2D eigenvalue weighted by Crippen LogP contribution is 2.36. The number of rotatable bonds is 9. The van der Waals surface area contributed by atoms with Crippen LogP contribution < -0.4 is 29.1 Å². The lowest BCUT2D eigenvalue weighted by atomic mass is 9.96. The van der Waals surface area contributed by atoms with Gasteiger partial charge in [0.1, 0.15) is 5.75 Å². The minimum absolute atomic E-state index is 0.287. The molecule has 8 nitrogen and oxygen atoms in total. The summed E-state index contributed by atoms with van der Waals surface area (Å²) in [6, 6.07) is 10.1. The monoisotopic (exact) mass is 570 g/mol. The molecule has 0 aliphatic carbocycles. The Bertz CT molecular complexity index is 1590. The molecular formula is C29H31ClN2O6S. The Kier molecular flexibility index (Phi) is 8.82. The summed E-state index contributed by atoms with van der Waals surface area (Å²) < 4.78 is 24.2. The second-order valence-corrected chi connectivity index (χ2v) is 10.4. The number of hydrogen-bond donors (Lipinski definition) is 0. The summed E-state index contributed by atoms with van der Waals surface area (Å²) in [5, 5.41) is 0.365.